The minimum atomic E-state index is -0.782. The Balaban J connectivity index is 0.000000187. The summed E-state index contributed by atoms with van der Waals surface area (Å²) in [6, 6.07) is 8.79. The van der Waals surface area contributed by atoms with Crippen molar-refractivity contribution in [3.63, 3.8) is 0 Å². The van der Waals surface area contributed by atoms with E-state index in [4.69, 9.17) is 10.5 Å². The first-order valence-corrected chi connectivity index (χ1v) is 12.7. The van der Waals surface area contributed by atoms with Gasteiger partial charge in [0, 0.05) is 31.2 Å². The number of alkyl halides is 1. The van der Waals surface area contributed by atoms with Crippen LogP contribution in [0.5, 0.6) is 5.75 Å². The van der Waals surface area contributed by atoms with Crippen molar-refractivity contribution in [2.45, 2.75) is 36.6 Å². The van der Waals surface area contributed by atoms with Crippen LogP contribution >= 0.6 is 11.8 Å². The number of carbonyl (C=O) groups excluding carboxylic acids is 1. The molecule has 2 unspecified atom stereocenters. The lowest BCUT2D eigenvalue weighted by molar-refractivity contribution is -0.113. The van der Waals surface area contributed by atoms with Gasteiger partial charge < -0.3 is 20.9 Å². The lowest BCUT2D eigenvalue weighted by Crippen LogP contribution is -2.38. The van der Waals surface area contributed by atoms with Gasteiger partial charge in [-0.25, -0.2) is 13.8 Å². The molecule has 1 aromatic carbocycles. The monoisotopic (exact) mass is 517 g/mol. The fourth-order valence-electron chi connectivity index (χ4n) is 4.24. The van der Waals surface area contributed by atoms with Crippen molar-refractivity contribution in [3.8, 4) is 5.75 Å². The molecule has 2 aliphatic heterocycles. The zero-order chi connectivity index (χ0) is 25.7. The number of amides is 1. The minimum Gasteiger partial charge on any atom is -0.497 e. The highest BCUT2D eigenvalue weighted by molar-refractivity contribution is 8.00. The summed E-state index contributed by atoms with van der Waals surface area (Å²) in [5.74, 6) is 0.902. The van der Waals surface area contributed by atoms with Crippen LogP contribution in [0.15, 0.2) is 41.4 Å². The number of piperidine rings is 1. The molecule has 2 aliphatic rings. The molecule has 5 rings (SSSR count). The second kappa shape index (κ2) is 11.9. The number of halogens is 2. The van der Waals surface area contributed by atoms with Gasteiger partial charge in [-0.3, -0.25) is 14.7 Å². The topological polar surface area (TPSA) is 114 Å². The molecule has 2 atom stereocenters. The van der Waals surface area contributed by atoms with Crippen molar-refractivity contribution >= 4 is 34.4 Å². The highest BCUT2D eigenvalue weighted by Crippen LogP contribution is 2.31. The van der Waals surface area contributed by atoms with Crippen LogP contribution in [0.25, 0.3) is 10.9 Å². The van der Waals surface area contributed by atoms with Crippen LogP contribution < -0.4 is 15.8 Å². The number of aromatic nitrogens is 2. The van der Waals surface area contributed by atoms with Crippen LogP contribution in [0.3, 0.4) is 0 Å². The standard InChI is InChI=1S/C17H21FN2O2.C8H8FN3OS/c1-22-13-4-5-16-15(9-13)14(6-7-19-16)17(21)11-20-8-2-3-12(18)10-20;9-4-1-6-8(11-5(4)2-10)12-7(13)3-14-6/h4-7,9,12,17,21H,2-3,8,10-11H2,1H3;1H,2-3,10H2,(H,11,12,13). The Kier molecular flexibility index (Phi) is 8.68. The normalized spacial score (nSPS) is 18.6. The molecule has 4 N–H and O–H groups in total. The Morgan fingerprint density at radius 2 is 2.19 bits per heavy atom. The van der Waals surface area contributed by atoms with Gasteiger partial charge in [-0.05, 0) is 55.3 Å². The number of carbonyl (C=O) groups is 1. The summed E-state index contributed by atoms with van der Waals surface area (Å²) < 4.78 is 31.9. The van der Waals surface area contributed by atoms with Gasteiger partial charge in [-0.2, -0.15) is 0 Å². The second-order valence-electron chi connectivity index (χ2n) is 8.60. The molecule has 1 fully saturated rings. The number of anilines is 1. The molecule has 36 heavy (non-hydrogen) atoms. The Morgan fingerprint density at radius 3 is 2.94 bits per heavy atom. The molecule has 2 aromatic heterocycles. The first-order valence-electron chi connectivity index (χ1n) is 11.7. The zero-order valence-electron chi connectivity index (χ0n) is 19.9. The number of nitrogens with zero attached hydrogens (tertiary/aromatic N) is 3. The lowest BCUT2D eigenvalue weighted by atomic mass is 10.0. The van der Waals surface area contributed by atoms with E-state index in [-0.39, 0.29) is 18.1 Å². The third-order valence-electron chi connectivity index (χ3n) is 6.04. The van der Waals surface area contributed by atoms with Gasteiger partial charge in [0.05, 0.1) is 35.1 Å². The van der Waals surface area contributed by atoms with Gasteiger partial charge in [-0.15, -0.1) is 11.8 Å². The number of hydrogen-bond acceptors (Lipinski definition) is 8. The highest BCUT2D eigenvalue weighted by Gasteiger charge is 2.23. The van der Waals surface area contributed by atoms with Crippen LogP contribution in [-0.4, -0.2) is 64.6 Å². The molecule has 192 valence electrons. The molecule has 0 aliphatic carbocycles. The van der Waals surface area contributed by atoms with Crippen molar-refractivity contribution in [3.05, 3.63) is 53.6 Å². The van der Waals surface area contributed by atoms with Crippen molar-refractivity contribution < 1.29 is 23.4 Å². The van der Waals surface area contributed by atoms with Crippen molar-refractivity contribution in [2.24, 2.45) is 5.73 Å². The van der Waals surface area contributed by atoms with Crippen molar-refractivity contribution in [1.29, 1.82) is 0 Å². The molecule has 11 heteroatoms. The predicted octanol–water partition coefficient (Wildman–Crippen LogP) is 3.43. The summed E-state index contributed by atoms with van der Waals surface area (Å²) in [4.78, 5) is 21.9. The smallest absolute Gasteiger partial charge is 0.235 e. The predicted molar refractivity (Wildman–Crippen MR) is 135 cm³/mol. The first kappa shape index (κ1) is 26.2. The summed E-state index contributed by atoms with van der Waals surface area (Å²) in [6.45, 7) is 1.71. The van der Waals surface area contributed by atoms with Crippen LogP contribution in [0, 0.1) is 5.82 Å². The van der Waals surface area contributed by atoms with Gasteiger partial charge in [0.1, 0.15) is 23.6 Å². The maximum atomic E-state index is 13.5. The van der Waals surface area contributed by atoms with Gasteiger partial charge in [0.2, 0.25) is 5.91 Å². The van der Waals surface area contributed by atoms with Gasteiger partial charge in [0.15, 0.2) is 0 Å². The number of thioether (sulfide) groups is 1. The first-order chi connectivity index (χ1) is 17.4. The van der Waals surface area contributed by atoms with Crippen LogP contribution in [0.1, 0.15) is 30.2 Å². The van der Waals surface area contributed by atoms with E-state index in [1.807, 2.05) is 29.2 Å². The van der Waals surface area contributed by atoms with E-state index in [1.165, 1.54) is 17.8 Å². The fraction of sp³-hybridized carbons (Fsp3) is 0.400. The van der Waals surface area contributed by atoms with E-state index in [9.17, 15) is 18.7 Å². The highest BCUT2D eigenvalue weighted by atomic mass is 32.2. The maximum Gasteiger partial charge on any atom is 0.235 e. The number of methoxy groups -OCH3 is 1. The van der Waals surface area contributed by atoms with Gasteiger partial charge in [0.25, 0.3) is 0 Å². The Hall–Kier alpha value is -2.86. The molecule has 3 aromatic rings. The number of nitrogens with two attached hydrogens (primary N) is 1. The van der Waals surface area contributed by atoms with E-state index in [0.717, 1.165) is 35.2 Å². The SMILES string of the molecule is COc1ccc2nccc(C(O)CN3CCCC(F)C3)c2c1.NCc1nc2c(cc1F)SCC(=O)N2. The number of nitrogens with one attached hydrogen (secondary N) is 1. The third-order valence-corrected chi connectivity index (χ3v) is 7.07. The Bertz CT molecular complexity index is 1230. The molecule has 0 saturated carbocycles. The van der Waals surface area contributed by atoms with E-state index in [1.54, 1.807) is 13.3 Å². The average molecular weight is 518 g/mol. The van der Waals surface area contributed by atoms with E-state index >= 15 is 0 Å². The lowest BCUT2D eigenvalue weighted by Gasteiger charge is -2.30. The third kappa shape index (κ3) is 6.28. The van der Waals surface area contributed by atoms with E-state index in [0.29, 0.717) is 36.0 Å². The summed E-state index contributed by atoms with van der Waals surface area (Å²) >= 11 is 1.27. The number of aliphatic hydroxyl groups is 1. The molecule has 8 nitrogen and oxygen atoms in total. The van der Waals surface area contributed by atoms with Crippen molar-refractivity contribution in [1.82, 2.24) is 14.9 Å². The molecule has 0 radical (unpaired) electrons. The molecule has 1 amide bonds. The number of fused-ring (bicyclic) bond motifs is 2. The Morgan fingerprint density at radius 1 is 1.36 bits per heavy atom. The van der Waals surface area contributed by atoms with Gasteiger partial charge >= 0.3 is 0 Å². The molecule has 1 saturated heterocycles. The second-order valence-corrected chi connectivity index (χ2v) is 9.62. The van der Waals surface area contributed by atoms with Crippen LogP contribution in [-0.2, 0) is 11.3 Å². The number of likely N-dealkylation sites (tertiary alicyclic amines) is 1. The largest absolute Gasteiger partial charge is 0.497 e. The number of hydrogen-bond donors (Lipinski definition) is 3. The molecular weight excluding hydrogens is 488 g/mol. The summed E-state index contributed by atoms with van der Waals surface area (Å²) in [7, 11) is 1.61. The van der Waals surface area contributed by atoms with E-state index < -0.39 is 18.1 Å². The number of pyridine rings is 2. The molecule has 4 heterocycles. The number of aliphatic hydroxyl groups excluding tert-OH is 1. The van der Waals surface area contributed by atoms with Gasteiger partial charge in [-0.1, -0.05) is 0 Å². The van der Waals surface area contributed by atoms with Crippen molar-refractivity contribution in [2.75, 3.05) is 37.8 Å². The quantitative estimate of drug-likeness (QED) is 0.472. The molecular formula is C25H29F2N5O3S. The minimum absolute atomic E-state index is 0.0274. The zero-order valence-corrected chi connectivity index (χ0v) is 20.7. The van der Waals surface area contributed by atoms with Crippen LogP contribution in [0.2, 0.25) is 0 Å². The van der Waals surface area contributed by atoms with E-state index in [2.05, 4.69) is 15.3 Å². The number of β-amino-alcohol motifs (C(OH)–C–C–N with tert-alkyl or cyclic N) is 1. The fourth-order valence-corrected chi connectivity index (χ4v) is 5.02. The molecule has 0 bridgehead atoms. The Labute approximate surface area is 212 Å². The maximum absolute atomic E-state index is 13.5. The van der Waals surface area contributed by atoms with Crippen LogP contribution in [0.4, 0.5) is 14.6 Å². The number of benzene rings is 1. The summed E-state index contributed by atoms with van der Waals surface area (Å²) in [5, 5.41) is 14.0. The summed E-state index contributed by atoms with van der Waals surface area (Å²) in [6.07, 6.45) is 1.72. The number of rotatable bonds is 5. The average Bonchev–Trinajstić information content (AvgIpc) is 2.88. The number of ether oxygens (including phenoxy) is 1. The molecule has 0 spiro atoms. The summed E-state index contributed by atoms with van der Waals surface area (Å²) in [5.41, 5.74) is 7.10.